The number of nitrogens with zero attached hydrogens (tertiary/aromatic N) is 1. The largest absolute Gasteiger partial charge is 0.457 e. The molecule has 0 aliphatic rings. The van der Waals surface area contributed by atoms with Gasteiger partial charge in [0.15, 0.2) is 5.75 Å². The Bertz CT molecular complexity index is 1470. The lowest BCUT2D eigenvalue weighted by Gasteiger charge is -2.10. The Morgan fingerprint density at radius 2 is 1.81 bits per heavy atom. The van der Waals surface area contributed by atoms with Crippen LogP contribution in [0.3, 0.4) is 0 Å². The van der Waals surface area contributed by atoms with Crippen LogP contribution < -0.4 is 15.5 Å². The van der Waals surface area contributed by atoms with Crippen LogP contribution in [0.5, 0.6) is 5.75 Å². The third kappa shape index (κ3) is 7.13. The highest BCUT2D eigenvalue weighted by atomic mass is 79.9. The molecule has 0 fully saturated rings. The smallest absolute Gasteiger partial charge is 0.379 e. The van der Waals surface area contributed by atoms with Crippen molar-refractivity contribution in [3.63, 3.8) is 0 Å². The van der Waals surface area contributed by atoms with Gasteiger partial charge in [-0.15, -0.1) is 11.3 Å². The highest BCUT2D eigenvalue weighted by molar-refractivity contribution is 9.11. The molecule has 0 bridgehead atoms. The van der Waals surface area contributed by atoms with Crippen LogP contribution in [0.1, 0.15) is 31.4 Å². The second-order valence-corrected chi connectivity index (χ2v) is 10.0. The van der Waals surface area contributed by atoms with Gasteiger partial charge in [-0.2, -0.15) is 5.10 Å². The summed E-state index contributed by atoms with van der Waals surface area (Å²) in [4.78, 5) is 38.8. The molecule has 4 rings (SSSR count). The molecule has 0 aliphatic heterocycles. The fraction of sp³-hybridized carbons (Fsp3) is 0. The number of carbonyl (C=O) groups is 3. The van der Waals surface area contributed by atoms with Crippen LogP contribution in [0, 0.1) is 0 Å². The summed E-state index contributed by atoms with van der Waals surface area (Å²) in [6, 6.07) is 18.6. The number of ether oxygens (including phenoxy) is 1. The van der Waals surface area contributed by atoms with Gasteiger partial charge in [0.05, 0.1) is 17.0 Å². The van der Waals surface area contributed by atoms with Crippen molar-refractivity contribution < 1.29 is 23.5 Å². The summed E-state index contributed by atoms with van der Waals surface area (Å²) in [5.74, 6) is -1.57. The van der Waals surface area contributed by atoms with E-state index in [0.717, 1.165) is 4.88 Å². The summed E-state index contributed by atoms with van der Waals surface area (Å²) in [6.45, 7) is 0. The molecule has 0 saturated heterocycles. The first-order valence-corrected chi connectivity index (χ1v) is 13.1. The standard InChI is InChI=1S/C26H17Br2N3O5S/c27-18-12-17(23(20(28)13-18)36-26(34)22-9-4-10-35-22)15-29-31-25(33)21(14-19-8-5-11-37-19)30-24(32)16-6-2-1-3-7-16/h1-15H,(H,30,32)(H,31,33)/b21-14+,29-15-. The van der Waals surface area contributed by atoms with Crippen LogP contribution in [0.2, 0.25) is 0 Å². The van der Waals surface area contributed by atoms with Gasteiger partial charge in [-0.1, -0.05) is 40.2 Å². The number of amides is 2. The summed E-state index contributed by atoms with van der Waals surface area (Å²) in [5, 5.41) is 8.51. The van der Waals surface area contributed by atoms with Gasteiger partial charge in [0.25, 0.3) is 11.8 Å². The summed E-state index contributed by atoms with van der Waals surface area (Å²) >= 11 is 8.17. The minimum Gasteiger partial charge on any atom is -0.457 e. The molecule has 186 valence electrons. The van der Waals surface area contributed by atoms with Gasteiger partial charge in [-0.05, 0) is 69.9 Å². The molecule has 8 nitrogen and oxygen atoms in total. The SMILES string of the molecule is O=C(N/N=C\c1cc(Br)cc(Br)c1OC(=O)c1ccco1)/C(=C\c1cccs1)NC(=O)c1ccccc1. The molecule has 0 radical (unpaired) electrons. The average Bonchev–Trinajstić information content (AvgIpc) is 3.61. The fourth-order valence-electron chi connectivity index (χ4n) is 3.00. The predicted octanol–water partition coefficient (Wildman–Crippen LogP) is 6.01. The Labute approximate surface area is 232 Å². The van der Waals surface area contributed by atoms with E-state index in [9.17, 15) is 14.4 Å². The monoisotopic (exact) mass is 641 g/mol. The van der Waals surface area contributed by atoms with Crippen molar-refractivity contribution in [1.82, 2.24) is 10.7 Å². The Hall–Kier alpha value is -3.80. The molecule has 0 unspecified atom stereocenters. The number of rotatable bonds is 8. The van der Waals surface area contributed by atoms with Crippen LogP contribution in [-0.2, 0) is 4.79 Å². The molecule has 0 spiro atoms. The van der Waals surface area contributed by atoms with Gasteiger partial charge in [0, 0.05) is 20.5 Å². The topological polar surface area (TPSA) is 110 Å². The highest BCUT2D eigenvalue weighted by Gasteiger charge is 2.18. The van der Waals surface area contributed by atoms with Gasteiger partial charge in [-0.25, -0.2) is 10.2 Å². The molecule has 2 heterocycles. The number of esters is 1. The number of hydrogen-bond donors (Lipinski definition) is 2. The van der Waals surface area contributed by atoms with Crippen LogP contribution >= 0.6 is 43.2 Å². The van der Waals surface area contributed by atoms with Crippen molar-refractivity contribution in [2.45, 2.75) is 0 Å². The normalized spacial score (nSPS) is 11.4. The molecule has 2 aromatic heterocycles. The van der Waals surface area contributed by atoms with E-state index in [2.05, 4.69) is 47.7 Å². The summed E-state index contributed by atoms with van der Waals surface area (Å²) in [5.41, 5.74) is 3.21. The lowest BCUT2D eigenvalue weighted by molar-refractivity contribution is -0.117. The fourth-order valence-corrected chi connectivity index (χ4v) is 5.00. The molecule has 2 amide bonds. The van der Waals surface area contributed by atoms with Gasteiger partial charge >= 0.3 is 5.97 Å². The number of carbonyl (C=O) groups excluding carboxylic acids is 3. The van der Waals surface area contributed by atoms with E-state index in [1.807, 2.05) is 17.5 Å². The maximum Gasteiger partial charge on any atom is 0.379 e. The van der Waals surface area contributed by atoms with E-state index < -0.39 is 17.8 Å². The Balaban J connectivity index is 1.53. The Morgan fingerprint density at radius 3 is 2.51 bits per heavy atom. The van der Waals surface area contributed by atoms with E-state index in [1.165, 1.54) is 29.9 Å². The second-order valence-electron chi connectivity index (χ2n) is 7.27. The van der Waals surface area contributed by atoms with Gasteiger partial charge < -0.3 is 14.5 Å². The van der Waals surface area contributed by atoms with E-state index >= 15 is 0 Å². The number of hydrogen-bond acceptors (Lipinski definition) is 7. The Morgan fingerprint density at radius 1 is 1.00 bits per heavy atom. The number of furan rings is 1. The van der Waals surface area contributed by atoms with Crippen LogP contribution in [0.4, 0.5) is 0 Å². The molecule has 37 heavy (non-hydrogen) atoms. The van der Waals surface area contributed by atoms with Crippen LogP contribution in [-0.4, -0.2) is 24.0 Å². The molecule has 2 aromatic carbocycles. The van der Waals surface area contributed by atoms with Gasteiger partial charge in [-0.3, -0.25) is 9.59 Å². The van der Waals surface area contributed by atoms with E-state index in [4.69, 9.17) is 9.15 Å². The minimum absolute atomic E-state index is 0.00773. The minimum atomic E-state index is -0.698. The molecule has 0 saturated carbocycles. The van der Waals surface area contributed by atoms with Crippen molar-refractivity contribution in [2.24, 2.45) is 5.10 Å². The molecule has 0 atom stereocenters. The van der Waals surface area contributed by atoms with E-state index in [1.54, 1.807) is 54.6 Å². The molecule has 4 aromatic rings. The Kier molecular flexibility index (Phi) is 8.83. The van der Waals surface area contributed by atoms with Crippen molar-refractivity contribution in [2.75, 3.05) is 0 Å². The summed E-state index contributed by atoms with van der Waals surface area (Å²) < 4.78 is 11.7. The lowest BCUT2D eigenvalue weighted by Crippen LogP contribution is -2.32. The first kappa shape index (κ1) is 26.3. The quantitative estimate of drug-likeness (QED) is 0.0805. The van der Waals surface area contributed by atoms with Crippen LogP contribution in [0.25, 0.3) is 6.08 Å². The van der Waals surface area contributed by atoms with Crippen LogP contribution in [0.15, 0.2) is 103 Å². The van der Waals surface area contributed by atoms with Gasteiger partial charge in [0.1, 0.15) is 5.70 Å². The third-order valence-electron chi connectivity index (χ3n) is 4.68. The van der Waals surface area contributed by atoms with Crippen molar-refractivity contribution in [1.29, 1.82) is 0 Å². The number of hydrazone groups is 1. The summed E-state index contributed by atoms with van der Waals surface area (Å²) in [7, 11) is 0. The predicted molar refractivity (Wildman–Crippen MR) is 147 cm³/mol. The molecule has 0 aliphatic carbocycles. The highest BCUT2D eigenvalue weighted by Crippen LogP contribution is 2.32. The van der Waals surface area contributed by atoms with Crippen molar-refractivity contribution in [3.8, 4) is 5.75 Å². The number of halogens is 2. The van der Waals surface area contributed by atoms with E-state index in [0.29, 0.717) is 20.1 Å². The maximum absolute atomic E-state index is 13.0. The number of thiophene rings is 1. The molecular formula is C26H17Br2N3O5S. The zero-order valence-corrected chi connectivity index (χ0v) is 22.8. The van der Waals surface area contributed by atoms with Gasteiger partial charge in [0.2, 0.25) is 5.76 Å². The number of benzene rings is 2. The zero-order chi connectivity index (χ0) is 26.2. The molecule has 11 heteroatoms. The number of nitrogens with one attached hydrogen (secondary N) is 2. The first-order valence-electron chi connectivity index (χ1n) is 10.6. The van der Waals surface area contributed by atoms with Crippen molar-refractivity contribution in [3.05, 3.63) is 115 Å². The summed E-state index contributed by atoms with van der Waals surface area (Å²) in [6.07, 6.45) is 4.24. The first-order chi connectivity index (χ1) is 17.9. The molecular weight excluding hydrogens is 626 g/mol. The third-order valence-corrected chi connectivity index (χ3v) is 6.55. The molecule has 2 N–H and O–H groups in total. The van der Waals surface area contributed by atoms with E-state index in [-0.39, 0.29) is 17.2 Å². The van der Waals surface area contributed by atoms with Crippen molar-refractivity contribution >= 4 is 73.3 Å². The maximum atomic E-state index is 13.0. The zero-order valence-electron chi connectivity index (χ0n) is 18.8. The average molecular weight is 643 g/mol. The second kappa shape index (κ2) is 12.4. The lowest BCUT2D eigenvalue weighted by atomic mass is 10.2.